The quantitative estimate of drug-likeness (QED) is 0.623. The minimum absolute atomic E-state index is 0.00242. The summed E-state index contributed by atoms with van der Waals surface area (Å²) in [4.78, 5) is 37.6. The molecule has 0 aliphatic heterocycles. The molecule has 2 heterocycles. The van der Waals surface area contributed by atoms with E-state index in [1.165, 1.54) is 16.8 Å². The molecule has 0 aliphatic carbocycles. The molecule has 0 fully saturated rings. The van der Waals surface area contributed by atoms with Gasteiger partial charge in [0, 0.05) is 31.0 Å². The van der Waals surface area contributed by atoms with Gasteiger partial charge in [-0.25, -0.2) is 0 Å². The fourth-order valence-corrected chi connectivity index (χ4v) is 3.17. The highest BCUT2D eigenvalue weighted by Gasteiger charge is 2.17. The van der Waals surface area contributed by atoms with Crippen LogP contribution in [0.1, 0.15) is 40.1 Å². The van der Waals surface area contributed by atoms with Gasteiger partial charge in [0.05, 0.1) is 12.2 Å². The predicted molar refractivity (Wildman–Crippen MR) is 113 cm³/mol. The first-order chi connectivity index (χ1) is 14.4. The van der Waals surface area contributed by atoms with Crippen molar-refractivity contribution in [2.45, 2.75) is 33.0 Å². The molecule has 3 aromatic rings. The van der Waals surface area contributed by atoms with Gasteiger partial charge in [-0.3, -0.25) is 19.1 Å². The number of nitrogens with one attached hydrogen (secondary N) is 2. The number of aromatic nitrogens is 3. The maximum Gasteiger partial charge on any atom is 0.263 e. The summed E-state index contributed by atoms with van der Waals surface area (Å²) < 4.78 is 2.97. The summed E-state index contributed by atoms with van der Waals surface area (Å²) in [5.74, 6) is -0.798. The molecule has 2 aromatic heterocycles. The van der Waals surface area contributed by atoms with E-state index >= 15 is 0 Å². The third-order valence-electron chi connectivity index (χ3n) is 4.99. The Kier molecular flexibility index (Phi) is 6.46. The summed E-state index contributed by atoms with van der Waals surface area (Å²) in [7, 11) is 1.83. The summed E-state index contributed by atoms with van der Waals surface area (Å²) in [6.45, 7) is 3.92. The zero-order chi connectivity index (χ0) is 21.7. The summed E-state index contributed by atoms with van der Waals surface area (Å²) >= 11 is 0. The van der Waals surface area contributed by atoms with Gasteiger partial charge in [-0.15, -0.1) is 0 Å². The maximum atomic E-state index is 12.7. The Morgan fingerprint density at radius 2 is 1.87 bits per heavy atom. The molecular formula is C22H25N5O3. The highest BCUT2D eigenvalue weighted by atomic mass is 16.2. The van der Waals surface area contributed by atoms with Gasteiger partial charge in [0.1, 0.15) is 12.1 Å². The Bertz CT molecular complexity index is 1100. The lowest BCUT2D eigenvalue weighted by molar-refractivity contribution is -0.122. The van der Waals surface area contributed by atoms with Crippen molar-refractivity contribution in [3.05, 3.63) is 87.6 Å². The molecule has 1 unspecified atom stereocenters. The standard InChI is InChI=1S/C22H25N5O3/c1-15(19-13-24-26(3)16(19)2)25-20(28)14-27-11-7-10-18(22(27)30)21(29)23-12-17-8-5-4-6-9-17/h4-11,13,15H,12,14H2,1-3H3,(H,23,29)(H,25,28). The molecule has 0 spiro atoms. The van der Waals surface area contributed by atoms with Crippen molar-refractivity contribution in [3.8, 4) is 0 Å². The molecule has 1 aromatic carbocycles. The van der Waals surface area contributed by atoms with E-state index < -0.39 is 11.5 Å². The number of benzene rings is 1. The lowest BCUT2D eigenvalue weighted by atomic mass is 10.1. The lowest BCUT2D eigenvalue weighted by Gasteiger charge is -2.15. The molecular weight excluding hydrogens is 382 g/mol. The Balaban J connectivity index is 1.65. The number of amides is 2. The molecule has 156 valence electrons. The van der Waals surface area contributed by atoms with Crippen molar-refractivity contribution in [2.75, 3.05) is 0 Å². The number of aryl methyl sites for hydroxylation is 1. The summed E-state index contributed by atoms with van der Waals surface area (Å²) in [6.07, 6.45) is 3.21. The highest BCUT2D eigenvalue weighted by Crippen LogP contribution is 2.15. The van der Waals surface area contributed by atoms with Crippen LogP contribution in [-0.4, -0.2) is 26.2 Å². The minimum atomic E-state index is -0.511. The number of pyridine rings is 1. The van der Waals surface area contributed by atoms with E-state index in [0.29, 0.717) is 6.54 Å². The molecule has 8 nitrogen and oxygen atoms in total. The normalized spacial score (nSPS) is 11.7. The van der Waals surface area contributed by atoms with Crippen molar-refractivity contribution < 1.29 is 9.59 Å². The molecule has 0 aliphatic rings. The number of rotatable bonds is 7. The molecule has 0 saturated heterocycles. The molecule has 30 heavy (non-hydrogen) atoms. The Labute approximate surface area is 174 Å². The van der Waals surface area contributed by atoms with Gasteiger partial charge in [-0.2, -0.15) is 5.10 Å². The second kappa shape index (κ2) is 9.21. The lowest BCUT2D eigenvalue weighted by Crippen LogP contribution is -2.37. The van der Waals surface area contributed by atoms with Crippen molar-refractivity contribution in [1.82, 2.24) is 25.0 Å². The molecule has 1 atom stereocenters. The zero-order valence-corrected chi connectivity index (χ0v) is 17.3. The van der Waals surface area contributed by atoms with E-state index in [4.69, 9.17) is 0 Å². The van der Waals surface area contributed by atoms with Crippen LogP contribution in [0.4, 0.5) is 0 Å². The first kappa shape index (κ1) is 21.0. The van der Waals surface area contributed by atoms with Gasteiger partial charge in [-0.05, 0) is 31.5 Å². The van der Waals surface area contributed by atoms with E-state index in [1.54, 1.807) is 16.9 Å². The topological polar surface area (TPSA) is 98.0 Å². The van der Waals surface area contributed by atoms with Crippen LogP contribution in [0.3, 0.4) is 0 Å². The smallest absolute Gasteiger partial charge is 0.263 e. The number of carbonyl (C=O) groups excluding carboxylic acids is 2. The van der Waals surface area contributed by atoms with Crippen LogP contribution in [0.25, 0.3) is 0 Å². The number of carbonyl (C=O) groups is 2. The molecule has 2 amide bonds. The van der Waals surface area contributed by atoms with Gasteiger partial charge < -0.3 is 15.2 Å². The van der Waals surface area contributed by atoms with Gasteiger partial charge in [0.15, 0.2) is 0 Å². The minimum Gasteiger partial charge on any atom is -0.348 e. The van der Waals surface area contributed by atoms with E-state index in [-0.39, 0.29) is 24.1 Å². The van der Waals surface area contributed by atoms with Gasteiger partial charge in [0.25, 0.3) is 11.5 Å². The maximum absolute atomic E-state index is 12.7. The first-order valence-corrected chi connectivity index (χ1v) is 9.66. The highest BCUT2D eigenvalue weighted by molar-refractivity contribution is 5.93. The fraction of sp³-hybridized carbons (Fsp3) is 0.273. The third-order valence-corrected chi connectivity index (χ3v) is 4.99. The third kappa shape index (κ3) is 4.83. The zero-order valence-electron chi connectivity index (χ0n) is 17.3. The van der Waals surface area contributed by atoms with E-state index in [1.807, 2.05) is 51.2 Å². The average molecular weight is 407 g/mol. The first-order valence-electron chi connectivity index (χ1n) is 9.66. The predicted octanol–water partition coefficient (Wildman–Crippen LogP) is 1.70. The molecule has 0 saturated carbocycles. The Morgan fingerprint density at radius 3 is 2.53 bits per heavy atom. The molecule has 0 bridgehead atoms. The summed E-state index contributed by atoms with van der Waals surface area (Å²) in [5.41, 5.74) is 2.28. The Morgan fingerprint density at radius 1 is 1.13 bits per heavy atom. The Hall–Kier alpha value is -3.68. The van der Waals surface area contributed by atoms with Gasteiger partial charge >= 0.3 is 0 Å². The van der Waals surface area contributed by atoms with Crippen molar-refractivity contribution >= 4 is 11.8 Å². The number of hydrogen-bond donors (Lipinski definition) is 2. The fourth-order valence-electron chi connectivity index (χ4n) is 3.17. The summed E-state index contributed by atoms with van der Waals surface area (Å²) in [5, 5.41) is 9.78. The largest absolute Gasteiger partial charge is 0.348 e. The summed E-state index contributed by atoms with van der Waals surface area (Å²) in [6, 6.07) is 12.2. The number of nitrogens with zero attached hydrogens (tertiary/aromatic N) is 3. The van der Waals surface area contributed by atoms with E-state index in [2.05, 4.69) is 15.7 Å². The van der Waals surface area contributed by atoms with Crippen LogP contribution in [0.2, 0.25) is 0 Å². The van der Waals surface area contributed by atoms with Crippen molar-refractivity contribution in [3.63, 3.8) is 0 Å². The second-order valence-electron chi connectivity index (χ2n) is 7.12. The van der Waals surface area contributed by atoms with Crippen LogP contribution < -0.4 is 16.2 Å². The van der Waals surface area contributed by atoms with Gasteiger partial charge in [-0.1, -0.05) is 30.3 Å². The molecule has 3 rings (SSSR count). The van der Waals surface area contributed by atoms with Crippen LogP contribution >= 0.6 is 0 Å². The van der Waals surface area contributed by atoms with Crippen LogP contribution in [0, 0.1) is 6.92 Å². The van der Waals surface area contributed by atoms with E-state index in [9.17, 15) is 14.4 Å². The van der Waals surface area contributed by atoms with Crippen molar-refractivity contribution in [2.24, 2.45) is 7.05 Å². The van der Waals surface area contributed by atoms with Gasteiger partial charge in [0.2, 0.25) is 5.91 Å². The second-order valence-corrected chi connectivity index (χ2v) is 7.12. The van der Waals surface area contributed by atoms with Crippen LogP contribution in [-0.2, 0) is 24.9 Å². The van der Waals surface area contributed by atoms with E-state index in [0.717, 1.165) is 16.8 Å². The number of hydrogen-bond acceptors (Lipinski definition) is 4. The van der Waals surface area contributed by atoms with Crippen LogP contribution in [0.5, 0.6) is 0 Å². The van der Waals surface area contributed by atoms with Crippen molar-refractivity contribution in [1.29, 1.82) is 0 Å². The van der Waals surface area contributed by atoms with Crippen LogP contribution in [0.15, 0.2) is 59.7 Å². The SMILES string of the molecule is Cc1c(C(C)NC(=O)Cn2cccc(C(=O)NCc3ccccc3)c2=O)cnn1C. The monoisotopic (exact) mass is 407 g/mol. The average Bonchev–Trinajstić information content (AvgIpc) is 3.07. The molecule has 8 heteroatoms. The molecule has 0 radical (unpaired) electrons. The molecule has 2 N–H and O–H groups in total.